The monoisotopic (exact) mass is 514 g/mol. The second-order valence-electron chi connectivity index (χ2n) is 9.91. The van der Waals surface area contributed by atoms with Crippen LogP contribution in [0.25, 0.3) is 0 Å². The van der Waals surface area contributed by atoms with Gasteiger partial charge in [-0.15, -0.1) is 0 Å². The number of hydrogen-bond acceptors (Lipinski definition) is 4. The van der Waals surface area contributed by atoms with Crippen LogP contribution in [-0.4, -0.2) is 14.7 Å². The molecule has 5 heteroatoms. The SMILES string of the molecule is CC(O)(C1=COC(C2=CC=CCC2)=CO1)c1cn(C(c2ccccc2)(c2ccccc2)c2ccccc2)cn1. The van der Waals surface area contributed by atoms with Crippen LogP contribution in [0.4, 0.5) is 0 Å². The minimum absolute atomic E-state index is 0.271. The number of aromatic nitrogens is 2. The van der Waals surface area contributed by atoms with Crippen molar-refractivity contribution in [1.29, 1.82) is 0 Å². The summed E-state index contributed by atoms with van der Waals surface area (Å²) < 4.78 is 13.9. The minimum atomic E-state index is -1.52. The van der Waals surface area contributed by atoms with E-state index in [0.29, 0.717) is 11.5 Å². The lowest BCUT2D eigenvalue weighted by molar-refractivity contribution is 0.0281. The zero-order valence-electron chi connectivity index (χ0n) is 21.8. The largest absolute Gasteiger partial charge is 0.459 e. The summed E-state index contributed by atoms with van der Waals surface area (Å²) in [5.74, 6) is 0.925. The summed E-state index contributed by atoms with van der Waals surface area (Å²) in [6.07, 6.45) is 14.7. The standard InChI is InChI=1S/C34H30N2O3/c1-33(37,32-24-38-30(23-39-32)26-14-6-2-7-15-26)31-22-36(25-35-31)34(27-16-8-3-9-17-27,28-18-10-4-11-19-28)29-20-12-5-13-21-29/h2-6,8-14,16-25,37H,7,15H2,1H3. The second-order valence-corrected chi connectivity index (χ2v) is 9.91. The summed E-state index contributed by atoms with van der Waals surface area (Å²) >= 11 is 0. The van der Waals surface area contributed by atoms with Crippen LogP contribution < -0.4 is 0 Å². The molecule has 0 saturated heterocycles. The van der Waals surface area contributed by atoms with Gasteiger partial charge in [-0.3, -0.25) is 0 Å². The highest BCUT2D eigenvalue weighted by Gasteiger charge is 2.41. The molecule has 1 atom stereocenters. The lowest BCUT2D eigenvalue weighted by Gasteiger charge is -2.37. The molecule has 4 aromatic rings. The number of hydrogen-bond donors (Lipinski definition) is 1. The number of nitrogens with zero attached hydrogens (tertiary/aromatic N) is 2. The number of imidazole rings is 1. The van der Waals surface area contributed by atoms with Crippen molar-refractivity contribution in [2.24, 2.45) is 0 Å². The Hall–Kier alpha value is -4.61. The third-order valence-corrected chi connectivity index (χ3v) is 7.44. The Kier molecular flexibility index (Phi) is 6.51. The van der Waals surface area contributed by atoms with Crippen LogP contribution in [0.2, 0.25) is 0 Å². The van der Waals surface area contributed by atoms with E-state index in [1.807, 2.05) is 72.9 Å². The summed E-state index contributed by atoms with van der Waals surface area (Å²) in [7, 11) is 0. The van der Waals surface area contributed by atoms with Crippen molar-refractivity contribution in [3.8, 4) is 0 Å². The Morgan fingerprint density at radius 3 is 1.87 bits per heavy atom. The van der Waals surface area contributed by atoms with E-state index < -0.39 is 11.1 Å². The Labute approximate surface area is 228 Å². The molecule has 2 aliphatic rings. The predicted molar refractivity (Wildman–Crippen MR) is 151 cm³/mol. The zero-order chi connectivity index (χ0) is 26.7. The van der Waals surface area contributed by atoms with Crippen molar-refractivity contribution in [3.63, 3.8) is 0 Å². The average molecular weight is 515 g/mol. The number of ether oxygens (including phenoxy) is 2. The molecular weight excluding hydrogens is 484 g/mol. The van der Waals surface area contributed by atoms with Gasteiger partial charge in [0, 0.05) is 6.20 Å². The molecule has 0 spiro atoms. The van der Waals surface area contributed by atoms with Gasteiger partial charge in [0.05, 0.1) is 12.0 Å². The predicted octanol–water partition coefficient (Wildman–Crippen LogP) is 6.94. The number of benzene rings is 3. The lowest BCUT2D eigenvalue weighted by atomic mass is 9.76. The van der Waals surface area contributed by atoms with Gasteiger partial charge in [0.15, 0.2) is 17.1 Å². The highest BCUT2D eigenvalue weighted by molar-refractivity contribution is 5.51. The molecule has 0 bridgehead atoms. The topological polar surface area (TPSA) is 56.5 Å². The molecule has 0 fully saturated rings. The fraction of sp³-hybridized carbons (Fsp3) is 0.147. The summed E-state index contributed by atoms with van der Waals surface area (Å²) in [6.45, 7) is 1.67. The Morgan fingerprint density at radius 2 is 1.38 bits per heavy atom. The second kappa shape index (κ2) is 10.3. The molecule has 194 valence electrons. The summed E-state index contributed by atoms with van der Waals surface area (Å²) in [6, 6.07) is 31.1. The van der Waals surface area contributed by atoms with Crippen LogP contribution >= 0.6 is 0 Å². The molecule has 39 heavy (non-hydrogen) atoms. The molecule has 0 radical (unpaired) electrons. The smallest absolute Gasteiger partial charge is 0.176 e. The molecule has 6 rings (SSSR count). The van der Waals surface area contributed by atoms with Crippen molar-refractivity contribution < 1.29 is 14.6 Å². The number of rotatable bonds is 7. The Balaban J connectivity index is 1.43. The van der Waals surface area contributed by atoms with E-state index in [1.165, 1.54) is 6.26 Å². The van der Waals surface area contributed by atoms with E-state index >= 15 is 0 Å². The van der Waals surface area contributed by atoms with Gasteiger partial charge >= 0.3 is 0 Å². The first-order chi connectivity index (χ1) is 19.1. The first-order valence-corrected chi connectivity index (χ1v) is 13.1. The fourth-order valence-electron chi connectivity index (χ4n) is 5.35. The maximum Gasteiger partial charge on any atom is 0.176 e. The van der Waals surface area contributed by atoms with Gasteiger partial charge in [0.1, 0.15) is 18.1 Å². The van der Waals surface area contributed by atoms with Gasteiger partial charge in [-0.1, -0.05) is 109 Å². The van der Waals surface area contributed by atoms with Gasteiger partial charge in [0.2, 0.25) is 0 Å². The van der Waals surface area contributed by atoms with Crippen LogP contribution in [0.15, 0.2) is 151 Å². The first kappa shape index (κ1) is 24.7. The van der Waals surface area contributed by atoms with Crippen LogP contribution in [0.1, 0.15) is 42.1 Å². The summed E-state index contributed by atoms with van der Waals surface area (Å²) in [5.41, 5.74) is 2.48. The van der Waals surface area contributed by atoms with E-state index in [9.17, 15) is 5.11 Å². The zero-order valence-corrected chi connectivity index (χ0v) is 21.8. The highest BCUT2D eigenvalue weighted by atomic mass is 16.6. The highest BCUT2D eigenvalue weighted by Crippen LogP contribution is 2.42. The first-order valence-electron chi connectivity index (χ1n) is 13.1. The Bertz CT molecular complexity index is 1470. The van der Waals surface area contributed by atoms with E-state index in [-0.39, 0.29) is 5.76 Å². The molecule has 3 aromatic carbocycles. The van der Waals surface area contributed by atoms with Gasteiger partial charge in [0.25, 0.3) is 0 Å². The molecular formula is C34H30N2O3. The molecule has 1 N–H and O–H groups in total. The minimum Gasteiger partial charge on any atom is -0.459 e. The molecule has 5 nitrogen and oxygen atoms in total. The molecule has 0 saturated carbocycles. The van der Waals surface area contributed by atoms with Gasteiger partial charge in [-0.25, -0.2) is 4.98 Å². The number of allylic oxidation sites excluding steroid dienone is 4. The van der Waals surface area contributed by atoms with Crippen LogP contribution in [0.3, 0.4) is 0 Å². The molecule has 1 unspecified atom stereocenters. The van der Waals surface area contributed by atoms with Crippen LogP contribution in [0, 0.1) is 0 Å². The summed E-state index contributed by atoms with van der Waals surface area (Å²) in [5, 5.41) is 11.7. The van der Waals surface area contributed by atoms with E-state index in [1.54, 1.807) is 19.5 Å². The normalized spacial score (nSPS) is 16.7. The van der Waals surface area contributed by atoms with Crippen molar-refractivity contribution >= 4 is 0 Å². The van der Waals surface area contributed by atoms with E-state index in [4.69, 9.17) is 14.5 Å². The third-order valence-electron chi connectivity index (χ3n) is 7.44. The molecule has 1 aliphatic carbocycles. The van der Waals surface area contributed by atoms with Gasteiger partial charge in [-0.05, 0) is 42.0 Å². The Morgan fingerprint density at radius 1 is 0.795 bits per heavy atom. The molecule has 2 heterocycles. The van der Waals surface area contributed by atoms with Gasteiger partial charge < -0.3 is 19.1 Å². The van der Waals surface area contributed by atoms with Crippen molar-refractivity contribution in [3.05, 3.63) is 174 Å². The number of aliphatic hydroxyl groups is 1. The lowest BCUT2D eigenvalue weighted by Crippen LogP contribution is -2.37. The van der Waals surface area contributed by atoms with Crippen molar-refractivity contribution in [1.82, 2.24) is 9.55 Å². The average Bonchev–Trinajstić information content (AvgIpc) is 3.51. The van der Waals surface area contributed by atoms with Crippen molar-refractivity contribution in [2.75, 3.05) is 0 Å². The third kappa shape index (κ3) is 4.41. The maximum atomic E-state index is 11.7. The van der Waals surface area contributed by atoms with Crippen molar-refractivity contribution in [2.45, 2.75) is 30.9 Å². The quantitative estimate of drug-likeness (QED) is 0.272. The fourth-order valence-corrected chi connectivity index (χ4v) is 5.35. The molecule has 1 aromatic heterocycles. The van der Waals surface area contributed by atoms with E-state index in [0.717, 1.165) is 35.1 Å². The summed E-state index contributed by atoms with van der Waals surface area (Å²) in [4.78, 5) is 4.71. The molecule has 0 amide bonds. The molecule has 1 aliphatic heterocycles. The van der Waals surface area contributed by atoms with Crippen LogP contribution in [0.5, 0.6) is 0 Å². The van der Waals surface area contributed by atoms with Gasteiger partial charge in [-0.2, -0.15) is 0 Å². The maximum absolute atomic E-state index is 11.7. The van der Waals surface area contributed by atoms with Crippen LogP contribution in [-0.2, 0) is 20.6 Å². The van der Waals surface area contributed by atoms with E-state index in [2.05, 4.69) is 47.0 Å².